The van der Waals surface area contributed by atoms with Crippen LogP contribution in [0.4, 0.5) is 0 Å². The predicted molar refractivity (Wildman–Crippen MR) is 60.9 cm³/mol. The van der Waals surface area contributed by atoms with Crippen LogP contribution in [0.15, 0.2) is 0 Å². The smallest absolute Gasteiger partial charge is 0.144 e. The largest absolute Gasteiger partial charge is 0.360 e. The molecule has 0 aliphatic rings. The van der Waals surface area contributed by atoms with Crippen LogP contribution in [0.1, 0.15) is 6.92 Å². The van der Waals surface area contributed by atoms with Gasteiger partial charge in [-0.1, -0.05) is 0 Å². The average Bonchev–Trinajstić information content (AvgIpc) is 1.58. The van der Waals surface area contributed by atoms with Gasteiger partial charge < -0.3 is 0 Å². The summed E-state index contributed by atoms with van der Waals surface area (Å²) in [5.41, 5.74) is 0. The first-order chi connectivity index (χ1) is 4.50. The van der Waals surface area contributed by atoms with E-state index in [9.17, 15) is 0 Å². The molecule has 0 spiro atoms. The predicted octanol–water partition coefficient (Wildman–Crippen LogP) is 4.27. The summed E-state index contributed by atoms with van der Waals surface area (Å²) in [6, 6.07) is -3.04. The highest BCUT2D eigenvalue weighted by molar-refractivity contribution is 7.72. The summed E-state index contributed by atoms with van der Waals surface area (Å²) >= 11 is 34.8. The van der Waals surface area contributed by atoms with Crippen molar-refractivity contribution in [1.29, 1.82) is 0 Å². The summed E-state index contributed by atoms with van der Waals surface area (Å²) in [6.07, 6.45) is 0. The molecule has 0 saturated carbocycles. The van der Waals surface area contributed by atoms with E-state index in [1.165, 1.54) is 0 Å². The molecule has 1 unspecified atom stereocenters. The minimum absolute atomic E-state index is 1.05. The van der Waals surface area contributed by atoms with E-state index in [1.807, 2.05) is 0 Å². The molecule has 0 radical (unpaired) electrons. The van der Waals surface area contributed by atoms with Crippen molar-refractivity contribution >= 4 is 79.7 Å². The molecule has 0 rings (SSSR count). The van der Waals surface area contributed by atoms with Crippen molar-refractivity contribution in [3.8, 4) is 0 Å². The molecule has 0 bridgehead atoms. The first kappa shape index (κ1) is 13.2. The van der Waals surface area contributed by atoms with Crippen molar-refractivity contribution in [3.05, 3.63) is 0 Å². The lowest BCUT2D eigenvalue weighted by atomic mass is 10.9. The normalized spacial score (nSPS) is 19.6. The summed E-state index contributed by atoms with van der Waals surface area (Å²) in [4.78, 5) is 0. The van der Waals surface area contributed by atoms with Gasteiger partial charge in [-0.3, -0.25) is 0 Å². The summed E-state index contributed by atoms with van der Waals surface area (Å²) in [6.45, 7) is 0.576. The molecule has 1 atom stereocenters. The third-order valence-corrected chi connectivity index (χ3v) is 18.2. The standard InChI is InChI=1S/C3H6Cl6Si2/c1-3(4,10(2,5)6)11(7,8)9/h1-2H3. The third-order valence-electron chi connectivity index (χ3n) is 1.36. The molecule has 8 heteroatoms. The van der Waals surface area contributed by atoms with Crippen LogP contribution >= 0.6 is 67.0 Å². The number of hydrogen-bond donors (Lipinski definition) is 0. The fourth-order valence-electron chi connectivity index (χ4n) is 0.249. The van der Waals surface area contributed by atoms with Crippen LogP contribution in [0, 0.1) is 0 Å². The van der Waals surface area contributed by atoms with Crippen molar-refractivity contribution in [2.45, 2.75) is 17.6 Å². The Hall–Kier alpha value is 2.17. The molecule has 68 valence electrons. The zero-order valence-electron chi connectivity index (χ0n) is 5.77. The Balaban J connectivity index is 4.75. The quantitative estimate of drug-likeness (QED) is 0.406. The van der Waals surface area contributed by atoms with Crippen LogP contribution in [0.5, 0.6) is 0 Å². The van der Waals surface area contributed by atoms with E-state index in [2.05, 4.69) is 0 Å². The maximum atomic E-state index is 5.95. The topological polar surface area (TPSA) is 0 Å². The Morgan fingerprint density at radius 3 is 1.27 bits per heavy atom. The first-order valence-corrected chi connectivity index (χ1v) is 12.6. The number of hydrogen-bond acceptors (Lipinski definition) is 0. The lowest BCUT2D eigenvalue weighted by Gasteiger charge is -2.33. The van der Waals surface area contributed by atoms with Gasteiger partial charge in [0.1, 0.15) is 0 Å². The highest BCUT2D eigenvalue weighted by atomic mass is 35.8. The number of halogens is 6. The molecule has 0 aliphatic heterocycles. The van der Waals surface area contributed by atoms with Crippen molar-refractivity contribution < 1.29 is 0 Å². The Morgan fingerprint density at radius 1 is 1.00 bits per heavy atom. The van der Waals surface area contributed by atoms with E-state index < -0.39 is 16.8 Å². The van der Waals surface area contributed by atoms with Crippen molar-refractivity contribution in [3.63, 3.8) is 0 Å². The van der Waals surface area contributed by atoms with Gasteiger partial charge in [0.25, 0.3) is 6.69 Å². The minimum Gasteiger partial charge on any atom is -0.144 e. The molecular weight excluding hydrogens is 305 g/mol. The van der Waals surface area contributed by atoms with Crippen LogP contribution in [-0.4, -0.2) is 16.8 Å². The molecule has 0 aliphatic carbocycles. The lowest BCUT2D eigenvalue weighted by Crippen LogP contribution is -2.54. The van der Waals surface area contributed by atoms with Gasteiger partial charge in [-0.15, -0.1) is 67.0 Å². The zero-order chi connectivity index (χ0) is 9.50. The van der Waals surface area contributed by atoms with Crippen molar-refractivity contribution in [2.75, 3.05) is 0 Å². The minimum atomic E-state index is -3.04. The van der Waals surface area contributed by atoms with Gasteiger partial charge in [0, 0.05) is 0 Å². The van der Waals surface area contributed by atoms with Gasteiger partial charge in [0.05, 0.1) is 4.12 Å². The molecule has 0 heterocycles. The Labute approximate surface area is 96.6 Å². The summed E-state index contributed by atoms with van der Waals surface area (Å²) in [5.74, 6) is 0. The molecule has 0 saturated heterocycles. The van der Waals surface area contributed by atoms with Crippen LogP contribution < -0.4 is 0 Å². The lowest BCUT2D eigenvalue weighted by molar-refractivity contribution is 1.20. The number of alkyl halides is 1. The second-order valence-electron chi connectivity index (χ2n) is 2.39. The Morgan fingerprint density at radius 2 is 1.27 bits per heavy atom. The molecular formula is C3H6Cl6Si2. The van der Waals surface area contributed by atoms with E-state index >= 15 is 0 Å². The fraction of sp³-hybridized carbons (Fsp3) is 1.00. The molecule has 0 aromatic rings. The van der Waals surface area contributed by atoms with Gasteiger partial charge in [-0.05, 0) is 13.5 Å². The molecule has 0 amide bonds. The molecule has 11 heavy (non-hydrogen) atoms. The fourth-order valence-corrected chi connectivity index (χ4v) is 12.5. The highest BCUT2D eigenvalue weighted by Gasteiger charge is 2.59. The van der Waals surface area contributed by atoms with Crippen LogP contribution in [0.3, 0.4) is 0 Å². The third kappa shape index (κ3) is 3.10. The van der Waals surface area contributed by atoms with Gasteiger partial charge >= 0.3 is 6.00 Å². The van der Waals surface area contributed by atoms with Crippen molar-refractivity contribution in [1.82, 2.24) is 0 Å². The van der Waals surface area contributed by atoms with Crippen LogP contribution in [0.25, 0.3) is 0 Å². The van der Waals surface area contributed by atoms with E-state index in [1.54, 1.807) is 13.5 Å². The monoisotopic (exact) mass is 308 g/mol. The van der Waals surface area contributed by atoms with E-state index in [0.717, 1.165) is 0 Å². The highest BCUT2D eigenvalue weighted by Crippen LogP contribution is 2.46. The van der Waals surface area contributed by atoms with Crippen molar-refractivity contribution in [2.24, 2.45) is 0 Å². The first-order valence-electron chi connectivity index (χ1n) is 2.63. The van der Waals surface area contributed by atoms with E-state index in [4.69, 9.17) is 67.0 Å². The van der Waals surface area contributed by atoms with Crippen LogP contribution in [0.2, 0.25) is 6.55 Å². The average molecular weight is 311 g/mol. The molecule has 0 N–H and O–H groups in total. The SMILES string of the molecule is CC(Cl)([Si](C)(Cl)Cl)[Si](Cl)(Cl)Cl. The summed E-state index contributed by atoms with van der Waals surface area (Å²) < 4.78 is -1.05. The van der Waals surface area contributed by atoms with Gasteiger partial charge in [-0.25, -0.2) is 0 Å². The maximum Gasteiger partial charge on any atom is 0.360 e. The molecule has 0 fully saturated rings. The second kappa shape index (κ2) is 3.73. The summed E-state index contributed by atoms with van der Waals surface area (Å²) in [7, 11) is 0. The van der Waals surface area contributed by atoms with Gasteiger partial charge in [0.2, 0.25) is 0 Å². The second-order valence-corrected chi connectivity index (χ2v) is 21.0. The number of rotatable bonds is 2. The molecule has 0 aromatic heterocycles. The van der Waals surface area contributed by atoms with Crippen LogP contribution in [-0.2, 0) is 0 Å². The van der Waals surface area contributed by atoms with Gasteiger partial charge in [0.15, 0.2) is 0 Å². The van der Waals surface area contributed by atoms with E-state index in [0.29, 0.717) is 0 Å². The Kier molecular flexibility index (Phi) is 4.47. The zero-order valence-corrected chi connectivity index (χ0v) is 12.3. The molecule has 0 nitrogen and oxygen atoms in total. The summed E-state index contributed by atoms with van der Waals surface area (Å²) in [5, 5.41) is 0. The molecule has 0 aromatic carbocycles. The van der Waals surface area contributed by atoms with Gasteiger partial charge in [-0.2, -0.15) is 0 Å². The maximum absolute atomic E-state index is 5.95. The van der Waals surface area contributed by atoms with E-state index in [-0.39, 0.29) is 0 Å². The Bertz CT molecular complexity index is 127.